The van der Waals surface area contributed by atoms with Crippen LogP contribution in [0.2, 0.25) is 0 Å². The second-order valence-corrected chi connectivity index (χ2v) is 5.59. The van der Waals surface area contributed by atoms with Crippen LogP contribution in [0.1, 0.15) is 49.4 Å². The Morgan fingerprint density at radius 1 is 1.28 bits per heavy atom. The average molecular weight is 331 g/mol. The highest BCUT2D eigenvalue weighted by Crippen LogP contribution is 2.21. The maximum Gasteiger partial charge on any atom is 0.339 e. The first-order valence-corrected chi connectivity index (χ1v) is 7.54. The van der Waals surface area contributed by atoms with Gasteiger partial charge in [-0.05, 0) is 40.5 Å². The lowest BCUT2D eigenvalue weighted by atomic mass is 10.2. The summed E-state index contributed by atoms with van der Waals surface area (Å²) in [5.74, 6) is -0.284. The minimum atomic E-state index is -0.284. The van der Waals surface area contributed by atoms with Crippen LogP contribution < -0.4 is 0 Å². The van der Waals surface area contributed by atoms with E-state index in [1.807, 2.05) is 6.07 Å². The zero-order valence-corrected chi connectivity index (χ0v) is 13.1. The Morgan fingerprint density at radius 2 is 2.00 bits per heavy atom. The van der Waals surface area contributed by atoms with Gasteiger partial charge in [0.15, 0.2) is 0 Å². The molecule has 0 amide bonds. The fourth-order valence-electron chi connectivity index (χ4n) is 1.62. The van der Waals surface area contributed by atoms with E-state index < -0.39 is 0 Å². The van der Waals surface area contributed by atoms with Gasteiger partial charge < -0.3 is 4.74 Å². The first-order valence-electron chi connectivity index (χ1n) is 6.30. The van der Waals surface area contributed by atoms with E-state index in [9.17, 15) is 4.79 Å². The van der Waals surface area contributed by atoms with E-state index in [1.165, 1.54) is 19.3 Å². The molecule has 0 bridgehead atoms. The summed E-state index contributed by atoms with van der Waals surface area (Å²) in [6.45, 7) is 2.67. The molecule has 100 valence electrons. The number of carbonyl (C=O) groups excluding carboxylic acids is 1. The first kappa shape index (κ1) is 15.6. The van der Waals surface area contributed by atoms with E-state index in [1.54, 1.807) is 12.1 Å². The third kappa shape index (κ3) is 5.44. The Hall–Kier alpha value is -0.480. The fourth-order valence-corrected chi connectivity index (χ4v) is 2.23. The standard InChI is InChI=1S/C14H19BrO2S/c1-2-3-4-5-6-9-17-14(16)12-10-11(18)7-8-13(12)15/h7-8,10,18H,2-6,9H2,1H3. The molecule has 0 aromatic heterocycles. The quantitative estimate of drug-likeness (QED) is 0.438. The molecule has 0 fully saturated rings. The van der Waals surface area contributed by atoms with Gasteiger partial charge in [0.05, 0.1) is 12.2 Å². The molecule has 4 heteroatoms. The molecule has 0 aliphatic carbocycles. The normalized spacial score (nSPS) is 10.4. The van der Waals surface area contributed by atoms with Crippen molar-refractivity contribution in [1.29, 1.82) is 0 Å². The second-order valence-electron chi connectivity index (χ2n) is 4.21. The highest BCUT2D eigenvalue weighted by Gasteiger charge is 2.11. The molecule has 18 heavy (non-hydrogen) atoms. The number of esters is 1. The second kappa shape index (κ2) is 8.59. The molecular formula is C14H19BrO2S. The summed E-state index contributed by atoms with van der Waals surface area (Å²) in [5, 5.41) is 0. The molecule has 1 aromatic rings. The highest BCUT2D eigenvalue weighted by atomic mass is 79.9. The minimum Gasteiger partial charge on any atom is -0.462 e. The Bertz CT molecular complexity index is 393. The largest absolute Gasteiger partial charge is 0.462 e. The van der Waals surface area contributed by atoms with Crippen LogP contribution in [0.4, 0.5) is 0 Å². The molecule has 2 nitrogen and oxygen atoms in total. The van der Waals surface area contributed by atoms with E-state index in [0.717, 1.165) is 22.2 Å². The molecule has 0 aliphatic rings. The molecule has 0 aliphatic heterocycles. The van der Waals surface area contributed by atoms with Gasteiger partial charge in [0, 0.05) is 9.37 Å². The molecule has 0 N–H and O–H groups in total. The van der Waals surface area contributed by atoms with Gasteiger partial charge in [-0.2, -0.15) is 0 Å². The van der Waals surface area contributed by atoms with E-state index in [0.29, 0.717) is 12.2 Å². The van der Waals surface area contributed by atoms with Crippen LogP contribution in [0.3, 0.4) is 0 Å². The smallest absolute Gasteiger partial charge is 0.339 e. The third-order valence-corrected chi connectivity index (χ3v) is 3.62. The molecule has 0 spiro atoms. The van der Waals surface area contributed by atoms with Crippen molar-refractivity contribution in [3.05, 3.63) is 28.2 Å². The van der Waals surface area contributed by atoms with Crippen LogP contribution in [-0.4, -0.2) is 12.6 Å². The van der Waals surface area contributed by atoms with Crippen molar-refractivity contribution < 1.29 is 9.53 Å². The number of thiol groups is 1. The predicted molar refractivity (Wildman–Crippen MR) is 80.4 cm³/mol. The summed E-state index contributed by atoms with van der Waals surface area (Å²) in [4.78, 5) is 12.6. The van der Waals surface area contributed by atoms with Crippen molar-refractivity contribution in [2.45, 2.75) is 43.9 Å². The molecular weight excluding hydrogens is 312 g/mol. The number of carbonyl (C=O) groups is 1. The van der Waals surface area contributed by atoms with Gasteiger partial charge >= 0.3 is 5.97 Å². The molecule has 0 heterocycles. The molecule has 0 saturated carbocycles. The van der Waals surface area contributed by atoms with Gasteiger partial charge in [-0.25, -0.2) is 4.79 Å². The van der Waals surface area contributed by atoms with Crippen molar-refractivity contribution in [1.82, 2.24) is 0 Å². The van der Waals surface area contributed by atoms with Gasteiger partial charge in [0.1, 0.15) is 0 Å². The number of rotatable bonds is 7. The van der Waals surface area contributed by atoms with Crippen LogP contribution >= 0.6 is 28.6 Å². The lowest BCUT2D eigenvalue weighted by Crippen LogP contribution is -2.07. The monoisotopic (exact) mass is 330 g/mol. The summed E-state index contributed by atoms with van der Waals surface area (Å²) in [5.41, 5.74) is 0.538. The van der Waals surface area contributed by atoms with E-state index in [2.05, 4.69) is 35.5 Å². The third-order valence-electron chi connectivity index (χ3n) is 2.65. The van der Waals surface area contributed by atoms with Gasteiger partial charge in [0.25, 0.3) is 0 Å². The number of hydrogen-bond donors (Lipinski definition) is 1. The summed E-state index contributed by atoms with van der Waals surface area (Å²) in [7, 11) is 0. The van der Waals surface area contributed by atoms with Crippen molar-refractivity contribution >= 4 is 34.5 Å². The van der Waals surface area contributed by atoms with Crippen LogP contribution in [0, 0.1) is 0 Å². The summed E-state index contributed by atoms with van der Waals surface area (Å²) < 4.78 is 5.99. The van der Waals surface area contributed by atoms with Crippen molar-refractivity contribution in [3.8, 4) is 0 Å². The number of ether oxygens (including phenoxy) is 1. The van der Waals surface area contributed by atoms with E-state index >= 15 is 0 Å². The zero-order chi connectivity index (χ0) is 13.4. The van der Waals surface area contributed by atoms with Crippen LogP contribution in [0.25, 0.3) is 0 Å². The van der Waals surface area contributed by atoms with E-state index in [-0.39, 0.29) is 5.97 Å². The summed E-state index contributed by atoms with van der Waals surface area (Å²) in [6.07, 6.45) is 5.74. The first-order chi connectivity index (χ1) is 8.65. The van der Waals surface area contributed by atoms with Crippen molar-refractivity contribution in [2.75, 3.05) is 6.61 Å². The number of unbranched alkanes of at least 4 members (excludes halogenated alkanes) is 4. The van der Waals surface area contributed by atoms with Gasteiger partial charge in [-0.1, -0.05) is 32.6 Å². The topological polar surface area (TPSA) is 26.3 Å². The molecule has 0 radical (unpaired) electrons. The predicted octanol–water partition coefficient (Wildman–Crippen LogP) is 4.87. The summed E-state index contributed by atoms with van der Waals surface area (Å²) in [6, 6.07) is 5.35. The fraction of sp³-hybridized carbons (Fsp3) is 0.500. The SMILES string of the molecule is CCCCCCCOC(=O)c1cc(S)ccc1Br. The molecule has 0 unspecified atom stereocenters. The van der Waals surface area contributed by atoms with Crippen LogP contribution in [-0.2, 0) is 4.74 Å². The van der Waals surface area contributed by atoms with Crippen LogP contribution in [0.15, 0.2) is 27.6 Å². The Kier molecular flexibility index (Phi) is 7.44. The van der Waals surface area contributed by atoms with Gasteiger partial charge in [-0.15, -0.1) is 12.6 Å². The molecule has 0 atom stereocenters. The van der Waals surface area contributed by atoms with Crippen molar-refractivity contribution in [2.24, 2.45) is 0 Å². The Balaban J connectivity index is 2.34. The molecule has 1 aromatic carbocycles. The van der Waals surface area contributed by atoms with Gasteiger partial charge in [0.2, 0.25) is 0 Å². The number of halogens is 1. The Morgan fingerprint density at radius 3 is 2.72 bits per heavy atom. The highest BCUT2D eigenvalue weighted by molar-refractivity contribution is 9.10. The maximum absolute atomic E-state index is 11.8. The van der Waals surface area contributed by atoms with Gasteiger partial charge in [-0.3, -0.25) is 0 Å². The minimum absolute atomic E-state index is 0.284. The molecule has 1 rings (SSSR count). The number of hydrogen-bond acceptors (Lipinski definition) is 3. The zero-order valence-electron chi connectivity index (χ0n) is 10.6. The molecule has 0 saturated heterocycles. The van der Waals surface area contributed by atoms with Crippen molar-refractivity contribution in [3.63, 3.8) is 0 Å². The maximum atomic E-state index is 11.8. The van der Waals surface area contributed by atoms with Crippen LogP contribution in [0.5, 0.6) is 0 Å². The number of benzene rings is 1. The Labute approximate surface area is 123 Å². The lowest BCUT2D eigenvalue weighted by molar-refractivity contribution is 0.0496. The lowest BCUT2D eigenvalue weighted by Gasteiger charge is -2.07. The average Bonchev–Trinajstić information content (AvgIpc) is 2.36. The summed E-state index contributed by atoms with van der Waals surface area (Å²) >= 11 is 7.55. The van der Waals surface area contributed by atoms with E-state index in [4.69, 9.17) is 4.74 Å².